The van der Waals surface area contributed by atoms with Gasteiger partial charge < -0.3 is 5.32 Å². The fourth-order valence-electron chi connectivity index (χ4n) is 1.68. The van der Waals surface area contributed by atoms with E-state index in [0.717, 1.165) is 5.82 Å². The van der Waals surface area contributed by atoms with Gasteiger partial charge in [0, 0.05) is 11.8 Å². The van der Waals surface area contributed by atoms with Gasteiger partial charge in [-0.2, -0.15) is 5.10 Å². The standard InChI is InChI=1S/C13H16FN3/c1-13(2,3)10-5-4-9(8-11(10)14)16-12-6-7-15-17-12/h4-8H,1-3H3,(H2,15,16,17). The average Bonchev–Trinajstić information content (AvgIpc) is 2.68. The lowest BCUT2D eigenvalue weighted by atomic mass is 9.86. The number of anilines is 2. The van der Waals surface area contributed by atoms with Crippen LogP contribution in [-0.2, 0) is 5.41 Å². The average molecular weight is 233 g/mol. The molecule has 4 heteroatoms. The Hall–Kier alpha value is -1.84. The van der Waals surface area contributed by atoms with Crippen molar-refractivity contribution in [1.82, 2.24) is 10.2 Å². The van der Waals surface area contributed by atoms with Crippen molar-refractivity contribution in [3.8, 4) is 0 Å². The van der Waals surface area contributed by atoms with Gasteiger partial charge >= 0.3 is 0 Å². The van der Waals surface area contributed by atoms with Gasteiger partial charge in [0.15, 0.2) is 0 Å². The molecule has 90 valence electrons. The van der Waals surface area contributed by atoms with E-state index in [1.165, 1.54) is 6.07 Å². The van der Waals surface area contributed by atoms with Crippen molar-refractivity contribution < 1.29 is 4.39 Å². The summed E-state index contributed by atoms with van der Waals surface area (Å²) in [7, 11) is 0. The fraction of sp³-hybridized carbons (Fsp3) is 0.308. The zero-order valence-electron chi connectivity index (χ0n) is 10.2. The maximum absolute atomic E-state index is 13.9. The van der Waals surface area contributed by atoms with E-state index < -0.39 is 0 Å². The highest BCUT2D eigenvalue weighted by molar-refractivity contribution is 5.56. The van der Waals surface area contributed by atoms with Crippen LogP contribution in [0.3, 0.4) is 0 Å². The van der Waals surface area contributed by atoms with E-state index in [9.17, 15) is 4.39 Å². The number of aromatic nitrogens is 2. The predicted octanol–water partition coefficient (Wildman–Crippen LogP) is 3.59. The zero-order valence-corrected chi connectivity index (χ0v) is 10.2. The minimum absolute atomic E-state index is 0.184. The van der Waals surface area contributed by atoms with Crippen LogP contribution in [0.25, 0.3) is 0 Å². The molecule has 0 saturated carbocycles. The molecular weight excluding hydrogens is 217 g/mol. The molecule has 0 aliphatic heterocycles. The summed E-state index contributed by atoms with van der Waals surface area (Å²) < 4.78 is 13.9. The molecule has 0 aliphatic rings. The van der Waals surface area contributed by atoms with Crippen LogP contribution in [0.1, 0.15) is 26.3 Å². The fourth-order valence-corrected chi connectivity index (χ4v) is 1.68. The quantitative estimate of drug-likeness (QED) is 0.832. The number of benzene rings is 1. The maximum Gasteiger partial charge on any atom is 0.128 e. The summed E-state index contributed by atoms with van der Waals surface area (Å²) in [4.78, 5) is 0. The lowest BCUT2D eigenvalue weighted by Crippen LogP contribution is -2.13. The summed E-state index contributed by atoms with van der Waals surface area (Å²) in [6.45, 7) is 5.98. The number of halogens is 1. The van der Waals surface area contributed by atoms with Gasteiger partial charge in [-0.15, -0.1) is 0 Å². The molecule has 0 amide bonds. The molecule has 0 fully saturated rings. The molecule has 1 aromatic heterocycles. The van der Waals surface area contributed by atoms with Gasteiger partial charge in [-0.3, -0.25) is 5.10 Å². The number of aromatic amines is 1. The van der Waals surface area contributed by atoms with Crippen molar-refractivity contribution >= 4 is 11.5 Å². The highest BCUT2D eigenvalue weighted by Gasteiger charge is 2.18. The van der Waals surface area contributed by atoms with E-state index >= 15 is 0 Å². The molecule has 0 unspecified atom stereocenters. The number of nitrogens with one attached hydrogen (secondary N) is 2. The summed E-state index contributed by atoms with van der Waals surface area (Å²) in [5, 5.41) is 9.63. The molecule has 0 radical (unpaired) electrons. The number of nitrogens with zero attached hydrogens (tertiary/aromatic N) is 1. The SMILES string of the molecule is CC(C)(C)c1ccc(Nc2ccn[nH]2)cc1F. The van der Waals surface area contributed by atoms with Crippen LogP contribution < -0.4 is 5.32 Å². The molecule has 1 heterocycles. The van der Waals surface area contributed by atoms with Gasteiger partial charge in [0.1, 0.15) is 11.6 Å². The molecule has 0 saturated heterocycles. The van der Waals surface area contributed by atoms with E-state index in [1.807, 2.05) is 32.9 Å². The maximum atomic E-state index is 13.9. The summed E-state index contributed by atoms with van der Waals surface area (Å²) in [6.07, 6.45) is 1.64. The Morgan fingerprint density at radius 3 is 2.53 bits per heavy atom. The monoisotopic (exact) mass is 233 g/mol. The number of hydrogen-bond donors (Lipinski definition) is 2. The van der Waals surface area contributed by atoms with Crippen molar-refractivity contribution in [2.24, 2.45) is 0 Å². The van der Waals surface area contributed by atoms with Gasteiger partial charge in [0.05, 0.1) is 6.20 Å². The third-order valence-corrected chi connectivity index (χ3v) is 2.56. The second kappa shape index (κ2) is 4.20. The first-order chi connectivity index (χ1) is 7.97. The predicted molar refractivity (Wildman–Crippen MR) is 67.0 cm³/mol. The molecular formula is C13H16FN3. The Labute approximate surface area is 100 Å². The molecule has 1 aromatic carbocycles. The first kappa shape index (κ1) is 11.6. The smallest absolute Gasteiger partial charge is 0.128 e. The third kappa shape index (κ3) is 2.64. The first-order valence-electron chi connectivity index (χ1n) is 5.53. The van der Waals surface area contributed by atoms with Crippen LogP contribution in [0.2, 0.25) is 0 Å². The first-order valence-corrected chi connectivity index (χ1v) is 5.53. The van der Waals surface area contributed by atoms with E-state index in [1.54, 1.807) is 12.3 Å². The second-order valence-corrected chi connectivity index (χ2v) is 5.04. The number of rotatable bonds is 2. The Morgan fingerprint density at radius 2 is 2.00 bits per heavy atom. The highest BCUT2D eigenvalue weighted by Crippen LogP contribution is 2.27. The highest BCUT2D eigenvalue weighted by atomic mass is 19.1. The molecule has 0 atom stereocenters. The molecule has 0 bridgehead atoms. The molecule has 0 spiro atoms. The molecule has 0 aliphatic carbocycles. The summed E-state index contributed by atoms with van der Waals surface area (Å²) in [5.74, 6) is 0.551. The number of hydrogen-bond acceptors (Lipinski definition) is 2. The van der Waals surface area contributed by atoms with Crippen LogP contribution in [0, 0.1) is 5.82 Å². The molecule has 2 N–H and O–H groups in total. The summed E-state index contributed by atoms with van der Waals surface area (Å²) >= 11 is 0. The van der Waals surface area contributed by atoms with Crippen LogP contribution in [-0.4, -0.2) is 10.2 Å². The van der Waals surface area contributed by atoms with Crippen molar-refractivity contribution in [1.29, 1.82) is 0 Å². The van der Waals surface area contributed by atoms with E-state index in [-0.39, 0.29) is 11.2 Å². The summed E-state index contributed by atoms with van der Waals surface area (Å²) in [5.41, 5.74) is 1.24. The Bertz CT molecular complexity index is 498. The van der Waals surface area contributed by atoms with Gasteiger partial charge in [0.2, 0.25) is 0 Å². The minimum Gasteiger partial charge on any atom is -0.341 e. The molecule has 17 heavy (non-hydrogen) atoms. The summed E-state index contributed by atoms with van der Waals surface area (Å²) in [6, 6.07) is 6.97. The molecule has 3 nitrogen and oxygen atoms in total. The lowest BCUT2D eigenvalue weighted by Gasteiger charge is -2.20. The number of H-pyrrole nitrogens is 1. The van der Waals surface area contributed by atoms with Crippen molar-refractivity contribution in [2.45, 2.75) is 26.2 Å². The Balaban J connectivity index is 2.25. The van der Waals surface area contributed by atoms with Crippen LogP contribution >= 0.6 is 0 Å². The van der Waals surface area contributed by atoms with Crippen molar-refractivity contribution in [3.05, 3.63) is 41.8 Å². The Morgan fingerprint density at radius 1 is 1.24 bits per heavy atom. The van der Waals surface area contributed by atoms with Gasteiger partial charge in [-0.25, -0.2) is 4.39 Å². The van der Waals surface area contributed by atoms with Gasteiger partial charge in [0.25, 0.3) is 0 Å². The third-order valence-electron chi connectivity index (χ3n) is 2.56. The second-order valence-electron chi connectivity index (χ2n) is 5.04. The van der Waals surface area contributed by atoms with Crippen molar-refractivity contribution in [2.75, 3.05) is 5.32 Å². The largest absolute Gasteiger partial charge is 0.341 e. The Kier molecular flexibility index (Phi) is 2.88. The van der Waals surface area contributed by atoms with Gasteiger partial charge in [-0.05, 0) is 23.1 Å². The topological polar surface area (TPSA) is 40.7 Å². The van der Waals surface area contributed by atoms with E-state index in [0.29, 0.717) is 11.3 Å². The van der Waals surface area contributed by atoms with E-state index in [2.05, 4.69) is 15.5 Å². The van der Waals surface area contributed by atoms with Crippen LogP contribution in [0.4, 0.5) is 15.9 Å². The van der Waals surface area contributed by atoms with Crippen LogP contribution in [0.15, 0.2) is 30.5 Å². The lowest BCUT2D eigenvalue weighted by molar-refractivity contribution is 0.523. The molecule has 2 aromatic rings. The van der Waals surface area contributed by atoms with E-state index in [4.69, 9.17) is 0 Å². The normalized spacial score (nSPS) is 11.5. The van der Waals surface area contributed by atoms with Gasteiger partial charge in [-0.1, -0.05) is 26.8 Å². The molecule has 2 rings (SSSR count). The van der Waals surface area contributed by atoms with Crippen LogP contribution in [0.5, 0.6) is 0 Å². The van der Waals surface area contributed by atoms with Crippen molar-refractivity contribution in [3.63, 3.8) is 0 Å². The minimum atomic E-state index is -0.193. The zero-order chi connectivity index (χ0) is 12.5.